The lowest BCUT2D eigenvalue weighted by Crippen LogP contribution is -2.52. The zero-order chi connectivity index (χ0) is 14.6. The Bertz CT molecular complexity index is 489. The molecule has 0 aliphatic carbocycles. The molecule has 1 aliphatic rings. The van der Waals surface area contributed by atoms with Crippen molar-refractivity contribution in [3.8, 4) is 0 Å². The van der Waals surface area contributed by atoms with Crippen molar-refractivity contribution in [3.05, 3.63) is 35.9 Å². The smallest absolute Gasteiger partial charge is 0.303 e. The van der Waals surface area contributed by atoms with Gasteiger partial charge in [0.25, 0.3) is 0 Å². The fourth-order valence-electron chi connectivity index (χ4n) is 2.94. The van der Waals surface area contributed by atoms with E-state index < -0.39 is 11.5 Å². The molecule has 1 aliphatic heterocycles. The summed E-state index contributed by atoms with van der Waals surface area (Å²) in [6.45, 7) is 0. The number of nitrogens with zero attached hydrogens (tertiary/aromatic N) is 1. The number of hydrogen-bond acceptors (Lipinski definition) is 3. The monoisotopic (exact) mass is 275 g/mol. The number of amidine groups is 1. The number of rotatable bonds is 4. The molecular weight excluding hydrogens is 254 g/mol. The first-order chi connectivity index (χ1) is 9.56. The van der Waals surface area contributed by atoms with Crippen molar-refractivity contribution in [2.24, 2.45) is 5.84 Å². The molecule has 1 unspecified atom stereocenters. The maximum Gasteiger partial charge on any atom is 0.303 e. The van der Waals surface area contributed by atoms with Gasteiger partial charge in [0.05, 0.1) is 5.54 Å². The van der Waals surface area contributed by atoms with Gasteiger partial charge in [0.1, 0.15) is 5.84 Å². The van der Waals surface area contributed by atoms with E-state index in [1.54, 1.807) is 0 Å². The molecule has 0 saturated carbocycles. The molecule has 5 heteroatoms. The van der Waals surface area contributed by atoms with E-state index in [0.717, 1.165) is 24.8 Å². The molecule has 1 fully saturated rings. The van der Waals surface area contributed by atoms with E-state index in [-0.39, 0.29) is 6.42 Å². The van der Waals surface area contributed by atoms with E-state index in [4.69, 9.17) is 16.4 Å². The van der Waals surface area contributed by atoms with Gasteiger partial charge in [-0.3, -0.25) is 15.2 Å². The second-order valence-electron chi connectivity index (χ2n) is 5.32. The molecule has 1 aromatic rings. The Labute approximate surface area is 118 Å². The summed E-state index contributed by atoms with van der Waals surface area (Å²) in [6, 6.07) is 9.73. The second-order valence-corrected chi connectivity index (χ2v) is 5.32. The lowest BCUT2D eigenvalue weighted by atomic mass is 9.81. The molecule has 2 rings (SSSR count). The fraction of sp³-hybridized carbons (Fsp3) is 0.467. The summed E-state index contributed by atoms with van der Waals surface area (Å²) in [5.41, 5.74) is 0.420. The Hall–Kier alpha value is -1.88. The molecule has 108 valence electrons. The molecule has 0 bridgehead atoms. The van der Waals surface area contributed by atoms with Crippen molar-refractivity contribution in [1.82, 2.24) is 5.01 Å². The van der Waals surface area contributed by atoms with E-state index in [9.17, 15) is 4.79 Å². The zero-order valence-corrected chi connectivity index (χ0v) is 11.5. The largest absolute Gasteiger partial charge is 0.481 e. The van der Waals surface area contributed by atoms with E-state index in [1.807, 2.05) is 30.3 Å². The predicted octanol–water partition coefficient (Wildman–Crippen LogP) is 2.47. The molecular formula is C15H21N3O2. The first-order valence-electron chi connectivity index (χ1n) is 6.96. The van der Waals surface area contributed by atoms with Crippen LogP contribution in [0.15, 0.2) is 30.3 Å². The molecule has 1 aromatic carbocycles. The van der Waals surface area contributed by atoms with Crippen LogP contribution in [0.25, 0.3) is 0 Å². The minimum atomic E-state index is -0.829. The maximum atomic E-state index is 11.0. The molecule has 1 atom stereocenters. The van der Waals surface area contributed by atoms with Gasteiger partial charge >= 0.3 is 5.97 Å². The molecule has 4 N–H and O–H groups in total. The van der Waals surface area contributed by atoms with E-state index >= 15 is 0 Å². The average Bonchev–Trinajstić information content (AvgIpc) is 2.59. The summed E-state index contributed by atoms with van der Waals surface area (Å²) in [5.74, 6) is 5.75. The highest BCUT2D eigenvalue weighted by atomic mass is 16.4. The first kappa shape index (κ1) is 14.5. The van der Waals surface area contributed by atoms with Crippen molar-refractivity contribution in [3.63, 3.8) is 0 Å². The standard InChI is InChI=1S/C15H21N3O2/c16-13-8-4-5-10-15(18(13)17,11-9-14(19)20)12-6-2-1-3-7-12/h1-3,6-7,16H,4-5,8-11,17H2,(H,19,20). The average molecular weight is 275 g/mol. The highest BCUT2D eigenvalue weighted by Crippen LogP contribution is 2.39. The fourth-order valence-corrected chi connectivity index (χ4v) is 2.94. The summed E-state index contributed by atoms with van der Waals surface area (Å²) in [7, 11) is 0. The zero-order valence-electron chi connectivity index (χ0n) is 11.5. The molecule has 1 heterocycles. The molecule has 1 saturated heterocycles. The Balaban J connectivity index is 2.41. The lowest BCUT2D eigenvalue weighted by molar-refractivity contribution is -0.137. The number of nitrogens with two attached hydrogens (primary N) is 1. The normalized spacial score (nSPS) is 23.4. The van der Waals surface area contributed by atoms with Gasteiger partial charge in [-0.25, -0.2) is 5.84 Å². The molecule has 0 amide bonds. The van der Waals surface area contributed by atoms with Gasteiger partial charge in [-0.2, -0.15) is 0 Å². The van der Waals surface area contributed by atoms with Gasteiger partial charge in [-0.1, -0.05) is 36.8 Å². The Morgan fingerprint density at radius 3 is 2.70 bits per heavy atom. The van der Waals surface area contributed by atoms with Crippen LogP contribution in [0, 0.1) is 5.41 Å². The summed E-state index contributed by atoms with van der Waals surface area (Å²) in [4.78, 5) is 11.0. The summed E-state index contributed by atoms with van der Waals surface area (Å²) in [5, 5.41) is 18.6. The van der Waals surface area contributed by atoms with Crippen LogP contribution in [0.4, 0.5) is 0 Å². The molecule has 20 heavy (non-hydrogen) atoms. The summed E-state index contributed by atoms with van der Waals surface area (Å²) < 4.78 is 0. The van der Waals surface area contributed by atoms with E-state index in [2.05, 4.69) is 0 Å². The third kappa shape index (κ3) is 2.82. The van der Waals surface area contributed by atoms with Crippen molar-refractivity contribution in [2.45, 2.75) is 44.1 Å². The van der Waals surface area contributed by atoms with Crippen molar-refractivity contribution in [2.75, 3.05) is 0 Å². The third-order valence-corrected chi connectivity index (χ3v) is 4.07. The van der Waals surface area contributed by atoms with Crippen LogP contribution >= 0.6 is 0 Å². The Morgan fingerprint density at radius 2 is 2.05 bits per heavy atom. The van der Waals surface area contributed by atoms with Gasteiger partial charge < -0.3 is 5.11 Å². The lowest BCUT2D eigenvalue weighted by Gasteiger charge is -2.41. The van der Waals surface area contributed by atoms with Crippen molar-refractivity contribution in [1.29, 1.82) is 5.41 Å². The summed E-state index contributed by atoms with van der Waals surface area (Å²) >= 11 is 0. The van der Waals surface area contributed by atoms with E-state index in [1.165, 1.54) is 5.01 Å². The Kier molecular flexibility index (Phi) is 4.39. The van der Waals surface area contributed by atoms with Crippen LogP contribution in [-0.4, -0.2) is 21.9 Å². The second kappa shape index (κ2) is 6.05. The number of carboxylic acids is 1. The SMILES string of the molecule is N=C1CCCCC(CCC(=O)O)(c2ccccc2)N1N. The summed E-state index contributed by atoms with van der Waals surface area (Å²) in [6.07, 6.45) is 3.78. The van der Waals surface area contributed by atoms with Crippen LogP contribution < -0.4 is 5.84 Å². The number of nitrogens with one attached hydrogen (secondary N) is 1. The van der Waals surface area contributed by atoms with Crippen LogP contribution in [0.5, 0.6) is 0 Å². The van der Waals surface area contributed by atoms with Gasteiger partial charge in [0.2, 0.25) is 0 Å². The van der Waals surface area contributed by atoms with Crippen LogP contribution in [0.2, 0.25) is 0 Å². The number of hydrogen-bond donors (Lipinski definition) is 3. The van der Waals surface area contributed by atoms with Gasteiger partial charge in [0, 0.05) is 12.8 Å². The van der Waals surface area contributed by atoms with Gasteiger partial charge in [-0.15, -0.1) is 0 Å². The quantitative estimate of drug-likeness (QED) is 0.736. The molecule has 0 spiro atoms. The van der Waals surface area contributed by atoms with Crippen molar-refractivity contribution < 1.29 is 9.90 Å². The molecule has 5 nitrogen and oxygen atoms in total. The number of hydrazine groups is 1. The number of benzene rings is 1. The minimum Gasteiger partial charge on any atom is -0.481 e. The maximum absolute atomic E-state index is 11.0. The van der Waals surface area contributed by atoms with E-state index in [0.29, 0.717) is 18.7 Å². The minimum absolute atomic E-state index is 0.0515. The predicted molar refractivity (Wildman–Crippen MR) is 77.2 cm³/mol. The van der Waals surface area contributed by atoms with Crippen LogP contribution in [0.3, 0.4) is 0 Å². The first-order valence-corrected chi connectivity index (χ1v) is 6.96. The molecule has 0 radical (unpaired) electrons. The number of carboxylic acid groups (broad SMARTS) is 1. The Morgan fingerprint density at radius 1 is 1.35 bits per heavy atom. The molecule has 0 aromatic heterocycles. The highest BCUT2D eigenvalue weighted by Gasteiger charge is 2.39. The number of carbonyl (C=O) groups is 1. The van der Waals surface area contributed by atoms with Gasteiger partial charge in [0.15, 0.2) is 0 Å². The topological polar surface area (TPSA) is 90.4 Å². The third-order valence-electron chi connectivity index (χ3n) is 4.07. The van der Waals surface area contributed by atoms with Crippen molar-refractivity contribution >= 4 is 11.8 Å². The number of aliphatic carboxylic acids is 1. The van der Waals surface area contributed by atoms with Gasteiger partial charge in [-0.05, 0) is 24.8 Å². The van der Waals surface area contributed by atoms with Crippen LogP contribution in [-0.2, 0) is 10.3 Å². The van der Waals surface area contributed by atoms with Crippen LogP contribution in [0.1, 0.15) is 44.1 Å². The highest BCUT2D eigenvalue weighted by molar-refractivity contribution is 5.80.